The second-order valence-corrected chi connectivity index (χ2v) is 10.2. The number of rotatable bonds is 10. The van der Waals surface area contributed by atoms with Crippen molar-refractivity contribution in [2.24, 2.45) is 5.92 Å². The number of aliphatic carboxylic acids is 1. The number of pyridine rings is 1. The van der Waals surface area contributed by atoms with Crippen LogP contribution >= 0.6 is 0 Å². The van der Waals surface area contributed by atoms with Crippen molar-refractivity contribution < 1.29 is 43.5 Å². The van der Waals surface area contributed by atoms with E-state index in [1.807, 2.05) is 31.2 Å². The van der Waals surface area contributed by atoms with Crippen molar-refractivity contribution in [2.75, 3.05) is 20.5 Å². The molecule has 0 spiro atoms. The van der Waals surface area contributed by atoms with Crippen molar-refractivity contribution in [1.29, 1.82) is 0 Å². The van der Waals surface area contributed by atoms with Gasteiger partial charge in [0.05, 0.1) is 19.9 Å². The first-order valence-electron chi connectivity index (χ1n) is 13.8. The second-order valence-electron chi connectivity index (χ2n) is 10.2. The van der Waals surface area contributed by atoms with Crippen LogP contribution in [-0.2, 0) is 4.79 Å². The number of carbonyl (C=O) groups is 2. The summed E-state index contributed by atoms with van der Waals surface area (Å²) in [4.78, 5) is 29.1. The number of ether oxygens (including phenoxy) is 5. The molecular weight excluding hydrogens is 554 g/mol. The SMILES string of the molecule is CCCOc1ccc2c(c1)C(c1ccc(OC)cc1Oc1cnccc1C(=O)O)C(C(=O)[O-])C2c1ccc2c(c1)OCO2. The van der Waals surface area contributed by atoms with Crippen molar-refractivity contribution in [1.82, 2.24) is 4.98 Å². The number of carbonyl (C=O) groups excluding carboxylic acids is 1. The zero-order valence-electron chi connectivity index (χ0n) is 23.4. The molecule has 0 amide bonds. The number of aromatic carboxylic acids is 1. The second kappa shape index (κ2) is 11.6. The average molecular weight is 583 g/mol. The van der Waals surface area contributed by atoms with Gasteiger partial charge in [-0.25, -0.2) is 4.79 Å². The van der Waals surface area contributed by atoms with E-state index in [1.54, 1.807) is 30.3 Å². The molecule has 2 aliphatic rings. The third-order valence-corrected chi connectivity index (χ3v) is 7.74. The molecule has 0 radical (unpaired) electrons. The van der Waals surface area contributed by atoms with Crippen molar-refractivity contribution in [2.45, 2.75) is 25.2 Å². The lowest BCUT2D eigenvalue weighted by Crippen LogP contribution is -2.36. The Morgan fingerprint density at radius 2 is 1.72 bits per heavy atom. The Morgan fingerprint density at radius 3 is 2.49 bits per heavy atom. The summed E-state index contributed by atoms with van der Waals surface area (Å²) >= 11 is 0. The molecule has 3 aromatic carbocycles. The minimum atomic E-state index is -1.26. The zero-order valence-corrected chi connectivity index (χ0v) is 23.4. The fourth-order valence-corrected chi connectivity index (χ4v) is 5.86. The highest BCUT2D eigenvalue weighted by molar-refractivity contribution is 5.90. The Bertz CT molecular complexity index is 1700. The van der Waals surface area contributed by atoms with Gasteiger partial charge in [-0.1, -0.05) is 25.1 Å². The quantitative estimate of drug-likeness (QED) is 0.279. The maximum Gasteiger partial charge on any atom is 0.339 e. The predicted molar refractivity (Wildman–Crippen MR) is 151 cm³/mol. The number of fused-ring (bicyclic) bond motifs is 2. The van der Waals surface area contributed by atoms with Crippen molar-refractivity contribution in [3.63, 3.8) is 0 Å². The zero-order chi connectivity index (χ0) is 30.1. The summed E-state index contributed by atoms with van der Waals surface area (Å²) in [6, 6.07) is 17.4. The van der Waals surface area contributed by atoms with Crippen molar-refractivity contribution >= 4 is 11.9 Å². The maximum atomic E-state index is 13.1. The molecular formula is C33H28NO9-. The average Bonchev–Trinajstić information content (AvgIpc) is 3.62. The number of aromatic nitrogens is 1. The van der Waals surface area contributed by atoms with E-state index in [-0.39, 0.29) is 23.9 Å². The molecule has 3 atom stereocenters. The lowest BCUT2D eigenvalue weighted by Gasteiger charge is -2.28. The van der Waals surface area contributed by atoms with Gasteiger partial charge in [0.15, 0.2) is 17.2 Å². The number of nitrogens with zero attached hydrogens (tertiary/aromatic N) is 1. The highest BCUT2D eigenvalue weighted by atomic mass is 16.7. The minimum absolute atomic E-state index is 0.0000688. The number of hydrogen-bond acceptors (Lipinski definition) is 9. The summed E-state index contributed by atoms with van der Waals surface area (Å²) in [5.74, 6) is -2.49. The summed E-state index contributed by atoms with van der Waals surface area (Å²) in [5, 5.41) is 22.9. The molecule has 43 heavy (non-hydrogen) atoms. The fourth-order valence-electron chi connectivity index (χ4n) is 5.86. The minimum Gasteiger partial charge on any atom is -0.550 e. The van der Waals surface area contributed by atoms with Crippen LogP contribution in [0.4, 0.5) is 0 Å². The molecule has 4 aromatic rings. The van der Waals surface area contributed by atoms with Crippen LogP contribution in [0.15, 0.2) is 73.1 Å². The number of benzene rings is 3. The van der Waals surface area contributed by atoms with E-state index in [4.69, 9.17) is 23.7 Å². The van der Waals surface area contributed by atoms with Gasteiger partial charge in [-0.2, -0.15) is 0 Å². The van der Waals surface area contributed by atoms with Gasteiger partial charge in [-0.3, -0.25) is 4.98 Å². The summed E-state index contributed by atoms with van der Waals surface area (Å²) in [6.07, 6.45) is 3.46. The largest absolute Gasteiger partial charge is 0.550 e. The molecule has 0 fully saturated rings. The number of hydrogen-bond donors (Lipinski definition) is 1. The fraction of sp³-hybridized carbons (Fsp3) is 0.242. The highest BCUT2D eigenvalue weighted by Crippen LogP contribution is 2.56. The smallest absolute Gasteiger partial charge is 0.339 e. The first-order valence-corrected chi connectivity index (χ1v) is 13.8. The van der Waals surface area contributed by atoms with Crippen LogP contribution in [0.1, 0.15) is 57.8 Å². The summed E-state index contributed by atoms with van der Waals surface area (Å²) < 4.78 is 28.7. The van der Waals surface area contributed by atoms with E-state index in [0.717, 1.165) is 23.1 Å². The van der Waals surface area contributed by atoms with Crippen molar-refractivity contribution in [3.8, 4) is 34.5 Å². The van der Waals surface area contributed by atoms with Gasteiger partial charge < -0.3 is 38.7 Å². The summed E-state index contributed by atoms with van der Waals surface area (Å²) in [7, 11) is 1.49. The summed E-state index contributed by atoms with van der Waals surface area (Å²) in [5.41, 5.74) is 2.65. The van der Waals surface area contributed by atoms with Crippen LogP contribution in [0, 0.1) is 5.92 Å². The highest BCUT2D eigenvalue weighted by Gasteiger charge is 2.45. The van der Waals surface area contributed by atoms with Gasteiger partial charge in [-0.15, -0.1) is 0 Å². The van der Waals surface area contributed by atoms with Crippen LogP contribution in [0.3, 0.4) is 0 Å². The van der Waals surface area contributed by atoms with Gasteiger partial charge in [0.25, 0.3) is 0 Å². The van der Waals surface area contributed by atoms with Crippen LogP contribution in [0.2, 0.25) is 0 Å². The van der Waals surface area contributed by atoms with Crippen LogP contribution < -0.4 is 28.8 Å². The molecule has 1 N–H and O–H groups in total. The van der Waals surface area contributed by atoms with E-state index < -0.39 is 29.7 Å². The molecule has 3 unspecified atom stereocenters. The van der Waals surface area contributed by atoms with E-state index in [1.165, 1.54) is 25.6 Å². The first kappa shape index (κ1) is 27.9. The van der Waals surface area contributed by atoms with Crippen LogP contribution in [-0.4, -0.2) is 42.5 Å². The Labute approximate surface area is 247 Å². The lowest BCUT2D eigenvalue weighted by atomic mass is 9.79. The van der Waals surface area contributed by atoms with Gasteiger partial charge in [0.2, 0.25) is 6.79 Å². The Balaban J connectivity index is 1.54. The molecule has 6 rings (SSSR count). The van der Waals surface area contributed by atoms with E-state index in [9.17, 15) is 19.8 Å². The van der Waals surface area contributed by atoms with E-state index in [0.29, 0.717) is 35.2 Å². The van der Waals surface area contributed by atoms with Gasteiger partial charge >= 0.3 is 5.97 Å². The van der Waals surface area contributed by atoms with Gasteiger partial charge in [-0.05, 0) is 59.5 Å². The topological polar surface area (TPSA) is 136 Å². The van der Waals surface area contributed by atoms with E-state index >= 15 is 0 Å². The normalized spacial score (nSPS) is 18.1. The third kappa shape index (κ3) is 5.16. The van der Waals surface area contributed by atoms with Crippen LogP contribution in [0.5, 0.6) is 34.5 Å². The Morgan fingerprint density at radius 1 is 0.930 bits per heavy atom. The van der Waals surface area contributed by atoms with Crippen LogP contribution in [0.25, 0.3) is 0 Å². The number of carboxylic acids is 2. The standard InChI is InChI=1S/C33H29NO9/c1-3-12-40-20-6-7-21-24(14-20)30(31(33(37)38)29(21)18-4-9-25-27(13-18)42-17-41-25)22-8-5-19(39-2)15-26(22)43-28-16-34-11-10-23(28)32(35)36/h4-11,13-16,29-31H,3,12,17H2,1-2H3,(H,35,36)(H,37,38)/p-1. The maximum absolute atomic E-state index is 13.1. The molecule has 10 heteroatoms. The molecule has 10 nitrogen and oxygen atoms in total. The molecule has 1 aromatic heterocycles. The Kier molecular flexibility index (Phi) is 7.50. The van der Waals surface area contributed by atoms with Crippen molar-refractivity contribution in [3.05, 3.63) is 101 Å². The number of methoxy groups -OCH3 is 1. The summed E-state index contributed by atoms with van der Waals surface area (Å²) in [6.45, 7) is 2.58. The third-order valence-electron chi connectivity index (χ3n) is 7.74. The Hall–Kier alpha value is -5.25. The monoisotopic (exact) mass is 582 g/mol. The molecule has 220 valence electrons. The van der Waals surface area contributed by atoms with Gasteiger partial charge in [0.1, 0.15) is 22.8 Å². The first-order chi connectivity index (χ1) is 20.9. The molecule has 0 saturated heterocycles. The molecule has 2 heterocycles. The van der Waals surface area contributed by atoms with E-state index in [2.05, 4.69) is 4.98 Å². The number of carboxylic acid groups (broad SMARTS) is 2. The molecule has 0 saturated carbocycles. The lowest BCUT2D eigenvalue weighted by molar-refractivity contribution is -0.312. The van der Waals surface area contributed by atoms with Gasteiger partial charge in [0, 0.05) is 41.5 Å². The molecule has 1 aliphatic heterocycles. The molecule has 1 aliphatic carbocycles. The predicted octanol–water partition coefficient (Wildman–Crippen LogP) is 4.74. The molecule has 0 bridgehead atoms.